The number of hydrogen-bond donors (Lipinski definition) is 1. The number of carbonyl (C=O) groups excluding carboxylic acids is 2. The first-order valence-electron chi connectivity index (χ1n) is 8.86. The maximum absolute atomic E-state index is 12.6. The Kier molecular flexibility index (Phi) is 5.96. The Balaban J connectivity index is 1.70. The van der Waals surface area contributed by atoms with Crippen LogP contribution in [0.2, 0.25) is 0 Å². The number of thiophene rings is 1. The predicted octanol–water partition coefficient (Wildman–Crippen LogP) is 5.29. The third-order valence-electron chi connectivity index (χ3n) is 4.33. The molecule has 0 aliphatic carbocycles. The van der Waals surface area contributed by atoms with E-state index in [4.69, 9.17) is 4.74 Å². The van der Waals surface area contributed by atoms with Gasteiger partial charge in [-0.3, -0.25) is 4.79 Å². The van der Waals surface area contributed by atoms with Gasteiger partial charge in [0.15, 0.2) is 6.10 Å². The average molecular weight is 415 g/mol. The minimum absolute atomic E-state index is 0.358. The molecule has 0 spiro atoms. The summed E-state index contributed by atoms with van der Waals surface area (Å²) in [4.78, 5) is 30.0. The molecule has 0 fully saturated rings. The second kappa shape index (κ2) is 8.24. The maximum Gasteiger partial charge on any atom is 0.351 e. The van der Waals surface area contributed by atoms with Gasteiger partial charge in [0.2, 0.25) is 0 Å². The average Bonchev–Trinajstić information content (AvgIpc) is 3.27. The van der Waals surface area contributed by atoms with Gasteiger partial charge in [0.25, 0.3) is 5.91 Å². The number of rotatable bonds is 5. The highest BCUT2D eigenvalue weighted by molar-refractivity contribution is 7.17. The van der Waals surface area contributed by atoms with Crippen molar-refractivity contribution >= 4 is 40.2 Å². The summed E-state index contributed by atoms with van der Waals surface area (Å²) >= 11 is 2.85. The summed E-state index contributed by atoms with van der Waals surface area (Å²) in [5.41, 5.74) is 5.43. The van der Waals surface area contributed by atoms with Gasteiger partial charge in [-0.15, -0.1) is 11.3 Å². The molecular formula is C21H22N2O3S2. The molecule has 0 aliphatic rings. The van der Waals surface area contributed by atoms with E-state index in [2.05, 4.69) is 10.3 Å². The van der Waals surface area contributed by atoms with Crippen LogP contribution in [-0.2, 0) is 9.53 Å². The van der Waals surface area contributed by atoms with Crippen molar-refractivity contribution in [1.29, 1.82) is 0 Å². The molecule has 1 N–H and O–H groups in total. The molecule has 2 aromatic heterocycles. The van der Waals surface area contributed by atoms with Crippen LogP contribution in [0.5, 0.6) is 0 Å². The number of nitrogens with zero attached hydrogens (tertiary/aromatic N) is 1. The van der Waals surface area contributed by atoms with E-state index < -0.39 is 12.1 Å². The zero-order valence-electron chi connectivity index (χ0n) is 16.5. The highest BCUT2D eigenvalue weighted by Crippen LogP contribution is 2.30. The Morgan fingerprint density at radius 1 is 1.14 bits per heavy atom. The number of aromatic nitrogens is 1. The molecule has 3 rings (SSSR count). The lowest BCUT2D eigenvalue weighted by Crippen LogP contribution is -2.30. The monoisotopic (exact) mass is 414 g/mol. The van der Waals surface area contributed by atoms with E-state index >= 15 is 0 Å². The number of thiazole rings is 1. The zero-order chi connectivity index (χ0) is 20.4. The van der Waals surface area contributed by atoms with Crippen LogP contribution in [0.15, 0.2) is 29.0 Å². The third-order valence-corrected chi connectivity index (χ3v) is 6.20. The summed E-state index contributed by atoms with van der Waals surface area (Å²) < 4.78 is 5.41. The molecule has 0 radical (unpaired) electrons. The molecule has 7 heteroatoms. The van der Waals surface area contributed by atoms with E-state index in [0.717, 1.165) is 32.9 Å². The Hall–Kier alpha value is -2.51. The van der Waals surface area contributed by atoms with Crippen LogP contribution in [0.1, 0.15) is 39.0 Å². The summed E-state index contributed by atoms with van der Waals surface area (Å²) in [5.74, 6) is -0.889. The standard InChI is InChI=1S/C21H22N2O3S2/c1-11-8-12(2)17(13(3)9-11)23-19(24)15(5)26-21(25)18-14(4)22-20(28-18)16-6-7-27-10-16/h6-10,15H,1-5H3,(H,23,24). The maximum atomic E-state index is 12.6. The molecule has 1 aromatic carbocycles. The zero-order valence-corrected chi connectivity index (χ0v) is 18.1. The molecular weight excluding hydrogens is 392 g/mol. The van der Waals surface area contributed by atoms with Crippen molar-refractivity contribution in [1.82, 2.24) is 4.98 Å². The number of aryl methyl sites for hydroxylation is 4. The molecule has 0 saturated heterocycles. The normalized spacial score (nSPS) is 11.9. The van der Waals surface area contributed by atoms with E-state index in [-0.39, 0.29) is 5.91 Å². The smallest absolute Gasteiger partial charge is 0.351 e. The molecule has 0 saturated carbocycles. The van der Waals surface area contributed by atoms with E-state index in [1.54, 1.807) is 25.2 Å². The Morgan fingerprint density at radius 3 is 2.43 bits per heavy atom. The van der Waals surface area contributed by atoms with Gasteiger partial charge in [-0.05, 0) is 57.2 Å². The fraction of sp³-hybridized carbons (Fsp3) is 0.286. The number of nitrogens with one attached hydrogen (secondary N) is 1. The van der Waals surface area contributed by atoms with Gasteiger partial charge in [-0.2, -0.15) is 11.3 Å². The van der Waals surface area contributed by atoms with Crippen molar-refractivity contribution in [2.24, 2.45) is 0 Å². The topological polar surface area (TPSA) is 68.3 Å². The van der Waals surface area contributed by atoms with Gasteiger partial charge in [0.1, 0.15) is 9.88 Å². The Bertz CT molecular complexity index is 999. The van der Waals surface area contributed by atoms with Crippen LogP contribution in [0.25, 0.3) is 10.6 Å². The quantitative estimate of drug-likeness (QED) is 0.576. The summed E-state index contributed by atoms with van der Waals surface area (Å²) in [6.07, 6.45) is -0.918. The highest BCUT2D eigenvalue weighted by Gasteiger charge is 2.24. The number of amides is 1. The number of esters is 1. The molecule has 28 heavy (non-hydrogen) atoms. The number of benzene rings is 1. The predicted molar refractivity (Wildman–Crippen MR) is 114 cm³/mol. The fourth-order valence-electron chi connectivity index (χ4n) is 2.97. The molecule has 1 amide bonds. The van der Waals surface area contributed by atoms with Gasteiger partial charge in [0.05, 0.1) is 5.69 Å². The van der Waals surface area contributed by atoms with E-state index in [1.165, 1.54) is 11.3 Å². The molecule has 1 unspecified atom stereocenters. The third kappa shape index (κ3) is 4.31. The minimum Gasteiger partial charge on any atom is -0.448 e. The van der Waals surface area contributed by atoms with Crippen LogP contribution < -0.4 is 5.32 Å². The lowest BCUT2D eigenvalue weighted by Gasteiger charge is -2.16. The van der Waals surface area contributed by atoms with E-state index in [1.807, 2.05) is 49.7 Å². The van der Waals surface area contributed by atoms with Crippen molar-refractivity contribution in [3.63, 3.8) is 0 Å². The Morgan fingerprint density at radius 2 is 1.82 bits per heavy atom. The summed E-state index contributed by atoms with van der Waals surface area (Å²) in [6, 6.07) is 5.97. The number of ether oxygens (including phenoxy) is 1. The van der Waals surface area contributed by atoms with Crippen molar-refractivity contribution in [2.75, 3.05) is 5.32 Å². The van der Waals surface area contributed by atoms with Gasteiger partial charge in [-0.25, -0.2) is 9.78 Å². The van der Waals surface area contributed by atoms with Crippen molar-refractivity contribution in [3.8, 4) is 10.6 Å². The van der Waals surface area contributed by atoms with Crippen LogP contribution in [0, 0.1) is 27.7 Å². The van der Waals surface area contributed by atoms with Crippen molar-refractivity contribution in [3.05, 3.63) is 56.2 Å². The molecule has 0 aliphatic heterocycles. The van der Waals surface area contributed by atoms with Gasteiger partial charge < -0.3 is 10.1 Å². The first-order valence-corrected chi connectivity index (χ1v) is 10.6. The minimum atomic E-state index is -0.918. The fourth-order valence-corrected chi connectivity index (χ4v) is 4.63. The second-order valence-electron chi connectivity index (χ2n) is 6.76. The first kappa shape index (κ1) is 20.2. The van der Waals surface area contributed by atoms with Gasteiger partial charge in [0, 0.05) is 16.6 Å². The van der Waals surface area contributed by atoms with Crippen LogP contribution in [0.4, 0.5) is 5.69 Å². The second-order valence-corrected chi connectivity index (χ2v) is 8.54. The van der Waals surface area contributed by atoms with Crippen molar-refractivity contribution in [2.45, 2.75) is 40.7 Å². The number of carbonyl (C=O) groups is 2. The molecule has 2 heterocycles. The van der Waals surface area contributed by atoms with Crippen LogP contribution in [-0.4, -0.2) is 23.0 Å². The van der Waals surface area contributed by atoms with E-state index in [9.17, 15) is 9.59 Å². The molecule has 146 valence electrons. The molecule has 3 aromatic rings. The van der Waals surface area contributed by atoms with E-state index in [0.29, 0.717) is 10.6 Å². The lowest BCUT2D eigenvalue weighted by atomic mass is 10.0. The summed E-state index contributed by atoms with van der Waals surface area (Å²) in [6.45, 7) is 9.24. The molecule has 0 bridgehead atoms. The summed E-state index contributed by atoms with van der Waals surface area (Å²) in [7, 11) is 0. The molecule has 1 atom stereocenters. The molecule has 5 nitrogen and oxygen atoms in total. The van der Waals surface area contributed by atoms with Crippen LogP contribution >= 0.6 is 22.7 Å². The SMILES string of the molecule is Cc1cc(C)c(NC(=O)C(C)OC(=O)c2sc(-c3ccsc3)nc2C)c(C)c1. The Labute approximate surface area is 172 Å². The highest BCUT2D eigenvalue weighted by atomic mass is 32.1. The number of hydrogen-bond acceptors (Lipinski definition) is 6. The van der Waals surface area contributed by atoms with Gasteiger partial charge in [-0.1, -0.05) is 17.7 Å². The van der Waals surface area contributed by atoms with Crippen molar-refractivity contribution < 1.29 is 14.3 Å². The number of anilines is 1. The lowest BCUT2D eigenvalue weighted by molar-refractivity contribution is -0.123. The first-order chi connectivity index (χ1) is 13.3. The summed E-state index contributed by atoms with van der Waals surface area (Å²) in [5, 5.41) is 7.60. The van der Waals surface area contributed by atoms with Gasteiger partial charge >= 0.3 is 5.97 Å². The van der Waals surface area contributed by atoms with Crippen LogP contribution in [0.3, 0.4) is 0 Å². The largest absolute Gasteiger partial charge is 0.448 e.